The standard InChI is InChI=1S/C14H18N4O4/c1-3-17-14(13(18(21)22)9(2)16-17)15-7-6-10-4-5-11(19)12(20)8-10/h4-5,8,15,19-20H,3,6-7H2,1-2H3. The number of aromatic nitrogens is 2. The van der Waals surface area contributed by atoms with Crippen LogP contribution in [0.3, 0.4) is 0 Å². The summed E-state index contributed by atoms with van der Waals surface area (Å²) in [5.74, 6) is 0.0259. The van der Waals surface area contributed by atoms with Crippen LogP contribution in [0.15, 0.2) is 18.2 Å². The van der Waals surface area contributed by atoms with E-state index in [0.717, 1.165) is 5.56 Å². The van der Waals surface area contributed by atoms with Gasteiger partial charge >= 0.3 is 5.69 Å². The Kier molecular flexibility index (Phi) is 4.50. The number of rotatable bonds is 6. The predicted octanol–water partition coefficient (Wildman–Crippen LogP) is 2.19. The highest BCUT2D eigenvalue weighted by Gasteiger charge is 2.24. The van der Waals surface area contributed by atoms with E-state index in [9.17, 15) is 20.3 Å². The van der Waals surface area contributed by atoms with Crippen molar-refractivity contribution in [2.24, 2.45) is 0 Å². The number of nitrogens with zero attached hydrogens (tertiary/aromatic N) is 3. The van der Waals surface area contributed by atoms with Gasteiger partial charge in [-0.25, -0.2) is 4.68 Å². The van der Waals surface area contributed by atoms with Gasteiger partial charge in [0.25, 0.3) is 0 Å². The van der Waals surface area contributed by atoms with Gasteiger partial charge in [-0.1, -0.05) is 6.07 Å². The SMILES string of the molecule is CCn1nc(C)c([N+](=O)[O-])c1NCCc1ccc(O)c(O)c1. The summed E-state index contributed by atoms with van der Waals surface area (Å²) in [4.78, 5) is 10.7. The van der Waals surface area contributed by atoms with E-state index in [-0.39, 0.29) is 17.2 Å². The lowest BCUT2D eigenvalue weighted by molar-refractivity contribution is -0.384. The second-order valence-corrected chi connectivity index (χ2v) is 4.86. The first-order valence-corrected chi connectivity index (χ1v) is 6.90. The van der Waals surface area contributed by atoms with Crippen molar-refractivity contribution in [3.63, 3.8) is 0 Å². The maximum Gasteiger partial charge on any atom is 0.333 e. The summed E-state index contributed by atoms with van der Waals surface area (Å²) in [6.45, 7) is 4.43. The van der Waals surface area contributed by atoms with Gasteiger partial charge in [0.2, 0.25) is 5.82 Å². The number of phenolic OH excluding ortho intramolecular Hbond substituents is 2. The first-order valence-electron chi connectivity index (χ1n) is 6.90. The molecule has 0 aliphatic carbocycles. The van der Waals surface area contributed by atoms with Crippen LogP contribution in [0, 0.1) is 17.0 Å². The van der Waals surface area contributed by atoms with Gasteiger partial charge < -0.3 is 15.5 Å². The minimum atomic E-state index is -0.441. The maximum atomic E-state index is 11.1. The average molecular weight is 306 g/mol. The summed E-state index contributed by atoms with van der Waals surface area (Å²) >= 11 is 0. The second kappa shape index (κ2) is 6.33. The third kappa shape index (κ3) is 3.11. The Labute approximate surface area is 127 Å². The fourth-order valence-electron chi connectivity index (χ4n) is 2.24. The molecule has 0 fully saturated rings. The third-order valence-electron chi connectivity index (χ3n) is 3.32. The smallest absolute Gasteiger partial charge is 0.333 e. The number of hydrogen-bond acceptors (Lipinski definition) is 6. The molecule has 0 unspecified atom stereocenters. The molecule has 2 aromatic rings. The van der Waals surface area contributed by atoms with E-state index in [2.05, 4.69) is 10.4 Å². The molecular formula is C14H18N4O4. The highest BCUT2D eigenvalue weighted by atomic mass is 16.6. The number of phenols is 2. The molecule has 0 aliphatic rings. The summed E-state index contributed by atoms with van der Waals surface area (Å²) in [5, 5.41) is 37.0. The van der Waals surface area contributed by atoms with Crippen LogP contribution in [-0.2, 0) is 13.0 Å². The van der Waals surface area contributed by atoms with Crippen LogP contribution in [0.4, 0.5) is 11.5 Å². The Hall–Kier alpha value is -2.77. The number of nitrogens with one attached hydrogen (secondary N) is 1. The van der Waals surface area contributed by atoms with Gasteiger partial charge in [0, 0.05) is 13.1 Å². The van der Waals surface area contributed by atoms with Crippen LogP contribution in [0.25, 0.3) is 0 Å². The van der Waals surface area contributed by atoms with Crippen LogP contribution >= 0.6 is 0 Å². The monoisotopic (exact) mass is 306 g/mol. The van der Waals surface area contributed by atoms with E-state index in [4.69, 9.17) is 0 Å². The topological polar surface area (TPSA) is 113 Å². The van der Waals surface area contributed by atoms with E-state index in [0.29, 0.717) is 31.0 Å². The molecule has 22 heavy (non-hydrogen) atoms. The summed E-state index contributed by atoms with van der Waals surface area (Å²) in [5.41, 5.74) is 1.16. The van der Waals surface area contributed by atoms with Crippen molar-refractivity contribution in [3.8, 4) is 11.5 Å². The van der Waals surface area contributed by atoms with Crippen molar-refractivity contribution >= 4 is 11.5 Å². The molecule has 0 saturated heterocycles. The number of anilines is 1. The zero-order valence-corrected chi connectivity index (χ0v) is 12.4. The Morgan fingerprint density at radius 1 is 1.36 bits per heavy atom. The van der Waals surface area contributed by atoms with E-state index < -0.39 is 4.92 Å². The largest absolute Gasteiger partial charge is 0.504 e. The number of nitro groups is 1. The number of aromatic hydroxyl groups is 2. The molecule has 1 heterocycles. The maximum absolute atomic E-state index is 11.1. The summed E-state index contributed by atoms with van der Waals surface area (Å²) < 4.78 is 1.56. The van der Waals surface area contributed by atoms with Crippen molar-refractivity contribution in [1.82, 2.24) is 9.78 Å². The molecule has 0 amide bonds. The molecule has 8 heteroatoms. The zero-order valence-electron chi connectivity index (χ0n) is 12.4. The molecular weight excluding hydrogens is 288 g/mol. The normalized spacial score (nSPS) is 10.6. The average Bonchev–Trinajstić information content (AvgIpc) is 2.79. The minimum absolute atomic E-state index is 0.0181. The lowest BCUT2D eigenvalue weighted by Crippen LogP contribution is -2.11. The lowest BCUT2D eigenvalue weighted by Gasteiger charge is -2.08. The Bertz CT molecular complexity index is 696. The molecule has 3 N–H and O–H groups in total. The molecule has 0 aliphatic heterocycles. The molecule has 0 saturated carbocycles. The summed E-state index contributed by atoms with van der Waals surface area (Å²) in [7, 11) is 0. The molecule has 1 aromatic heterocycles. The molecule has 0 atom stereocenters. The predicted molar refractivity (Wildman–Crippen MR) is 81.3 cm³/mol. The van der Waals surface area contributed by atoms with Gasteiger partial charge in [0.1, 0.15) is 5.69 Å². The van der Waals surface area contributed by atoms with E-state index in [1.807, 2.05) is 6.92 Å². The fourth-order valence-corrected chi connectivity index (χ4v) is 2.24. The van der Waals surface area contributed by atoms with Gasteiger partial charge in [-0.15, -0.1) is 0 Å². The first kappa shape index (κ1) is 15.6. The summed E-state index contributed by atoms with van der Waals surface area (Å²) in [6.07, 6.45) is 0.541. The Morgan fingerprint density at radius 3 is 2.68 bits per heavy atom. The molecule has 1 aromatic carbocycles. The Balaban J connectivity index is 2.11. The van der Waals surface area contributed by atoms with Crippen molar-refractivity contribution in [2.75, 3.05) is 11.9 Å². The fraction of sp³-hybridized carbons (Fsp3) is 0.357. The second-order valence-electron chi connectivity index (χ2n) is 4.86. The first-order chi connectivity index (χ1) is 10.4. The van der Waals surface area contributed by atoms with Gasteiger partial charge in [0.15, 0.2) is 11.5 Å². The van der Waals surface area contributed by atoms with Gasteiger partial charge in [0.05, 0.1) is 4.92 Å². The minimum Gasteiger partial charge on any atom is -0.504 e. The van der Waals surface area contributed by atoms with Gasteiger partial charge in [-0.3, -0.25) is 10.1 Å². The Morgan fingerprint density at radius 2 is 2.09 bits per heavy atom. The number of hydrogen-bond donors (Lipinski definition) is 3. The highest BCUT2D eigenvalue weighted by Crippen LogP contribution is 2.28. The van der Waals surface area contributed by atoms with Crippen molar-refractivity contribution < 1.29 is 15.1 Å². The number of benzene rings is 1. The highest BCUT2D eigenvalue weighted by molar-refractivity contribution is 5.59. The summed E-state index contributed by atoms with van der Waals surface area (Å²) in [6, 6.07) is 4.56. The van der Waals surface area contributed by atoms with Crippen LogP contribution < -0.4 is 5.32 Å². The zero-order chi connectivity index (χ0) is 16.3. The van der Waals surface area contributed by atoms with Gasteiger partial charge in [-0.2, -0.15) is 5.10 Å². The van der Waals surface area contributed by atoms with Crippen LogP contribution in [0.2, 0.25) is 0 Å². The van der Waals surface area contributed by atoms with E-state index >= 15 is 0 Å². The molecule has 8 nitrogen and oxygen atoms in total. The van der Waals surface area contributed by atoms with Crippen LogP contribution in [0.1, 0.15) is 18.2 Å². The quantitative estimate of drug-likeness (QED) is 0.428. The molecule has 0 spiro atoms. The van der Waals surface area contributed by atoms with Crippen molar-refractivity contribution in [1.29, 1.82) is 0 Å². The number of aryl methyl sites for hydroxylation is 2. The van der Waals surface area contributed by atoms with Crippen LogP contribution in [0.5, 0.6) is 11.5 Å². The molecule has 0 bridgehead atoms. The van der Waals surface area contributed by atoms with Crippen LogP contribution in [-0.4, -0.2) is 31.5 Å². The molecule has 2 rings (SSSR count). The molecule has 118 valence electrons. The van der Waals surface area contributed by atoms with Crippen molar-refractivity contribution in [3.05, 3.63) is 39.6 Å². The van der Waals surface area contributed by atoms with E-state index in [1.165, 1.54) is 12.1 Å². The third-order valence-corrected chi connectivity index (χ3v) is 3.32. The van der Waals surface area contributed by atoms with Gasteiger partial charge in [-0.05, 0) is 38.0 Å². The lowest BCUT2D eigenvalue weighted by atomic mass is 10.1. The molecule has 0 radical (unpaired) electrons. The van der Waals surface area contributed by atoms with E-state index in [1.54, 1.807) is 17.7 Å². The van der Waals surface area contributed by atoms with Crippen molar-refractivity contribution in [2.45, 2.75) is 26.8 Å².